The molecule has 0 fully saturated rings. The molecule has 0 aromatic rings. The van der Waals surface area contributed by atoms with Crippen LogP contribution in [0, 0.1) is 21.7 Å². The topological polar surface area (TPSA) is 189 Å². The monoisotopic (exact) mass is 731 g/mol. The molecule has 0 heterocycles. The van der Waals surface area contributed by atoms with Crippen LogP contribution in [0.2, 0.25) is 0 Å². The molecule has 0 aliphatic heterocycles. The number of carbonyl (C=O) groups excluding carboxylic acids is 3. The molecule has 4 atom stereocenters. The second-order valence-corrected chi connectivity index (χ2v) is 19.5. The highest BCUT2D eigenvalue weighted by Gasteiger charge is 2.45. The van der Waals surface area contributed by atoms with E-state index in [0.717, 1.165) is 12.8 Å². The number of ether oxygens (including phenoxy) is 1. The Kier molecular flexibility index (Phi) is 17.8. The summed E-state index contributed by atoms with van der Waals surface area (Å²) in [6.45, 7) is 34.6. The Labute approximate surface area is 310 Å². The number of aliphatic hydroxyl groups excluding tert-OH is 4. The van der Waals surface area contributed by atoms with E-state index in [-0.39, 0.29) is 29.6 Å². The van der Waals surface area contributed by atoms with Gasteiger partial charge in [-0.05, 0) is 85.0 Å². The van der Waals surface area contributed by atoms with Gasteiger partial charge in [0.15, 0.2) is 12.2 Å². The van der Waals surface area contributed by atoms with Crippen molar-refractivity contribution in [2.45, 2.75) is 191 Å². The maximum Gasteiger partial charge on any atom is 0.252 e. The van der Waals surface area contributed by atoms with Crippen LogP contribution >= 0.6 is 0 Å². The second-order valence-electron chi connectivity index (χ2n) is 19.5. The summed E-state index contributed by atoms with van der Waals surface area (Å²) >= 11 is 0. The first-order valence-corrected chi connectivity index (χ1v) is 18.7. The molecule has 302 valence electrons. The highest BCUT2D eigenvalue weighted by atomic mass is 16.5. The number of amides is 3. The molecule has 0 aromatic heterocycles. The molecule has 8 N–H and O–H groups in total. The van der Waals surface area contributed by atoms with Gasteiger partial charge in [-0.1, -0.05) is 69.2 Å². The number of carbonyl (C=O) groups is 3. The lowest BCUT2D eigenvalue weighted by atomic mass is 9.67. The van der Waals surface area contributed by atoms with Crippen molar-refractivity contribution in [3.63, 3.8) is 0 Å². The summed E-state index contributed by atoms with van der Waals surface area (Å²) in [7, 11) is 0. The Morgan fingerprint density at radius 1 is 0.627 bits per heavy atom. The fourth-order valence-corrected chi connectivity index (χ4v) is 6.78. The fraction of sp³-hybridized carbons (Fsp3) is 0.923. The molecule has 0 aliphatic rings. The maximum absolute atomic E-state index is 13.3. The van der Waals surface area contributed by atoms with Crippen molar-refractivity contribution in [3.05, 3.63) is 0 Å². The minimum absolute atomic E-state index is 0.0343. The zero-order valence-corrected chi connectivity index (χ0v) is 35.3. The molecule has 0 saturated heterocycles. The van der Waals surface area contributed by atoms with Gasteiger partial charge >= 0.3 is 0 Å². The number of nitrogens with one attached hydrogen (secondary N) is 4. The highest BCUT2D eigenvalue weighted by molar-refractivity contribution is 5.84. The zero-order chi connectivity index (χ0) is 40.6. The molecule has 0 aromatic carbocycles. The van der Waals surface area contributed by atoms with E-state index in [0.29, 0.717) is 26.0 Å². The molecule has 51 heavy (non-hydrogen) atoms. The Bertz CT molecular complexity index is 1130. The van der Waals surface area contributed by atoms with Gasteiger partial charge in [0.2, 0.25) is 5.91 Å². The molecule has 0 spiro atoms. The van der Waals surface area contributed by atoms with E-state index >= 15 is 0 Å². The Morgan fingerprint density at radius 3 is 1.47 bits per heavy atom. The van der Waals surface area contributed by atoms with Gasteiger partial charge in [-0.2, -0.15) is 0 Å². The van der Waals surface area contributed by atoms with Crippen LogP contribution in [0.1, 0.15) is 143 Å². The number of rotatable bonds is 23. The van der Waals surface area contributed by atoms with Gasteiger partial charge in [0.25, 0.3) is 11.8 Å². The molecule has 0 unspecified atom stereocenters. The van der Waals surface area contributed by atoms with Crippen LogP contribution < -0.4 is 21.3 Å². The quantitative estimate of drug-likeness (QED) is 0.0773. The van der Waals surface area contributed by atoms with Crippen LogP contribution in [0.5, 0.6) is 0 Å². The summed E-state index contributed by atoms with van der Waals surface area (Å²) in [5, 5.41) is 54.6. The van der Waals surface area contributed by atoms with Crippen LogP contribution in [-0.2, 0) is 19.1 Å². The SMILES string of the molecule is CCC(C)(CC)NC(C)(C)CC(C)(C)CNC(=O)[C@@H](O)[C@H](O)[C@H](O)[C@@H](O)C(=O)NC(C)(C)CC(C)(C)CNC(=O)C(C)(C)C(C)(C)COC(C)C. The van der Waals surface area contributed by atoms with Gasteiger partial charge in [-0.15, -0.1) is 0 Å². The zero-order valence-electron chi connectivity index (χ0n) is 35.3. The van der Waals surface area contributed by atoms with Gasteiger partial charge in [-0.25, -0.2) is 0 Å². The maximum atomic E-state index is 13.3. The van der Waals surface area contributed by atoms with Crippen molar-refractivity contribution in [1.29, 1.82) is 0 Å². The third kappa shape index (κ3) is 16.0. The van der Waals surface area contributed by atoms with Crippen molar-refractivity contribution in [2.75, 3.05) is 19.7 Å². The van der Waals surface area contributed by atoms with E-state index in [2.05, 4.69) is 55.9 Å². The predicted molar refractivity (Wildman–Crippen MR) is 204 cm³/mol. The van der Waals surface area contributed by atoms with E-state index in [4.69, 9.17) is 4.74 Å². The predicted octanol–water partition coefficient (Wildman–Crippen LogP) is 3.81. The first kappa shape index (κ1) is 49.2. The molecule has 12 heteroatoms. The van der Waals surface area contributed by atoms with Gasteiger partial charge in [0.05, 0.1) is 18.1 Å². The molecule has 0 bridgehead atoms. The summed E-state index contributed by atoms with van der Waals surface area (Å²) in [6, 6.07) is 0. The van der Waals surface area contributed by atoms with Crippen LogP contribution in [0.15, 0.2) is 0 Å². The smallest absolute Gasteiger partial charge is 0.252 e. The summed E-state index contributed by atoms with van der Waals surface area (Å²) < 4.78 is 5.81. The third-order valence-corrected chi connectivity index (χ3v) is 10.5. The summed E-state index contributed by atoms with van der Waals surface area (Å²) in [6.07, 6.45) is -5.45. The fourth-order valence-electron chi connectivity index (χ4n) is 6.78. The van der Waals surface area contributed by atoms with E-state index in [9.17, 15) is 34.8 Å². The van der Waals surface area contributed by atoms with Gasteiger partial charge in [0, 0.05) is 35.1 Å². The first-order valence-electron chi connectivity index (χ1n) is 18.7. The number of hydrogen-bond donors (Lipinski definition) is 8. The molecule has 0 rings (SSSR count). The molecular weight excluding hydrogens is 652 g/mol. The lowest BCUT2D eigenvalue weighted by molar-refractivity contribution is -0.156. The van der Waals surface area contributed by atoms with Gasteiger partial charge in [-0.3, -0.25) is 14.4 Å². The summed E-state index contributed by atoms with van der Waals surface area (Å²) in [5.74, 6) is -2.03. The molecule has 0 saturated carbocycles. The van der Waals surface area contributed by atoms with Gasteiger partial charge in [0.1, 0.15) is 12.2 Å². The molecule has 0 aliphatic carbocycles. The van der Waals surface area contributed by atoms with E-state index in [1.807, 2.05) is 69.2 Å². The van der Waals surface area contributed by atoms with E-state index < -0.39 is 63.4 Å². The lowest BCUT2D eigenvalue weighted by Crippen LogP contribution is -2.58. The number of aliphatic hydroxyl groups is 4. The minimum atomic E-state index is -2.14. The van der Waals surface area contributed by atoms with E-state index in [1.54, 1.807) is 13.8 Å². The van der Waals surface area contributed by atoms with Crippen molar-refractivity contribution in [1.82, 2.24) is 21.3 Å². The van der Waals surface area contributed by atoms with Gasteiger partial charge < -0.3 is 46.4 Å². The normalized spacial score (nSPS) is 16.4. The Balaban J connectivity index is 5.29. The molecule has 12 nitrogen and oxygen atoms in total. The molecule has 3 amide bonds. The molecular formula is C39H78N4O8. The minimum Gasteiger partial charge on any atom is -0.387 e. The second kappa shape index (κ2) is 18.5. The van der Waals surface area contributed by atoms with Crippen LogP contribution in [0.25, 0.3) is 0 Å². The molecule has 0 radical (unpaired) electrons. The largest absolute Gasteiger partial charge is 0.387 e. The summed E-state index contributed by atoms with van der Waals surface area (Å²) in [4.78, 5) is 39.2. The average Bonchev–Trinajstić information content (AvgIpc) is 2.98. The van der Waals surface area contributed by atoms with Crippen molar-refractivity contribution in [3.8, 4) is 0 Å². The standard InChI is InChI=1S/C39H78N4O8/c1-18-39(17,19-2)43-37(13,14)21-34(7,8)22-40-30(48)28(46)26(44)27(45)29(47)31(49)42-36(11,12)20-33(5,6)23-41-32(50)38(15,16)35(9,10)24-51-25(3)4/h25-29,43-47H,18-24H2,1-17H3,(H,40,48)(H,41,50)(H,42,49)/t26-,27+,28+,29-/m1/s1. The summed E-state index contributed by atoms with van der Waals surface area (Å²) in [5.41, 5.74) is -3.27. The van der Waals surface area contributed by atoms with Crippen LogP contribution in [-0.4, -0.2) is 105 Å². The van der Waals surface area contributed by atoms with E-state index in [1.165, 1.54) is 0 Å². The highest BCUT2D eigenvalue weighted by Crippen LogP contribution is 2.39. The van der Waals surface area contributed by atoms with Crippen LogP contribution in [0.3, 0.4) is 0 Å². The lowest BCUT2D eigenvalue weighted by Gasteiger charge is -2.43. The third-order valence-electron chi connectivity index (χ3n) is 10.5. The van der Waals surface area contributed by atoms with Crippen LogP contribution in [0.4, 0.5) is 0 Å². The first-order chi connectivity index (χ1) is 22.7. The van der Waals surface area contributed by atoms with Crippen molar-refractivity contribution in [2.24, 2.45) is 21.7 Å². The van der Waals surface area contributed by atoms with Crippen molar-refractivity contribution >= 4 is 17.7 Å². The Morgan fingerprint density at radius 2 is 1.04 bits per heavy atom. The number of hydrogen-bond acceptors (Lipinski definition) is 9. The Hall–Kier alpha value is -1.83. The van der Waals surface area contributed by atoms with Crippen molar-refractivity contribution < 1.29 is 39.5 Å². The average molecular weight is 731 g/mol.